The number of carbonyl (C=O) groups is 2. The molecule has 34 heavy (non-hydrogen) atoms. The van der Waals surface area contributed by atoms with Crippen LogP contribution in [0.15, 0.2) is 48.7 Å². The third-order valence-corrected chi connectivity index (χ3v) is 5.39. The number of anilines is 2. The number of aryl methyl sites for hydroxylation is 1. The van der Waals surface area contributed by atoms with E-state index in [9.17, 15) is 23.5 Å². The molecule has 2 heterocycles. The van der Waals surface area contributed by atoms with Crippen LogP contribution in [-0.4, -0.2) is 41.2 Å². The van der Waals surface area contributed by atoms with Crippen molar-refractivity contribution in [3.8, 4) is 11.1 Å². The molecule has 8 nitrogen and oxygen atoms in total. The van der Waals surface area contributed by atoms with Gasteiger partial charge in [0.25, 0.3) is 11.8 Å². The summed E-state index contributed by atoms with van der Waals surface area (Å²) in [6, 6.07) is 8.99. The van der Waals surface area contributed by atoms with Crippen LogP contribution in [-0.2, 0) is 9.53 Å². The molecule has 2 amide bonds. The van der Waals surface area contributed by atoms with Gasteiger partial charge in [0.2, 0.25) is 0 Å². The van der Waals surface area contributed by atoms with Crippen molar-refractivity contribution < 1.29 is 28.2 Å². The molecule has 0 bridgehead atoms. The Kier molecular flexibility index (Phi) is 6.53. The molecule has 1 aromatic heterocycles. The number of nitrogens with zero attached hydrogens (tertiary/aromatic N) is 1. The molecule has 1 saturated heterocycles. The third-order valence-electron chi connectivity index (χ3n) is 5.39. The molecule has 5 N–H and O–H groups in total. The molecule has 0 spiro atoms. The number of ether oxygens (including phenoxy) is 1. The van der Waals surface area contributed by atoms with Gasteiger partial charge in [-0.2, -0.15) is 0 Å². The number of nitrogens with one attached hydrogen (secondary N) is 2. The van der Waals surface area contributed by atoms with Gasteiger partial charge in [-0.1, -0.05) is 6.07 Å². The van der Waals surface area contributed by atoms with E-state index < -0.39 is 23.6 Å². The topological polar surface area (TPSA) is 127 Å². The number of pyridine rings is 1. The highest BCUT2D eigenvalue weighted by Crippen LogP contribution is 2.28. The van der Waals surface area contributed by atoms with Gasteiger partial charge in [0, 0.05) is 23.5 Å². The first-order chi connectivity index (χ1) is 16.2. The summed E-state index contributed by atoms with van der Waals surface area (Å²) in [5.74, 6) is -2.87. The number of nitrogen functional groups attached to an aromatic ring is 1. The zero-order valence-electron chi connectivity index (χ0n) is 18.1. The summed E-state index contributed by atoms with van der Waals surface area (Å²) >= 11 is 0. The molecule has 0 radical (unpaired) electrons. The van der Waals surface area contributed by atoms with Crippen LogP contribution in [0.1, 0.15) is 27.6 Å². The third kappa shape index (κ3) is 5.03. The van der Waals surface area contributed by atoms with E-state index in [1.165, 1.54) is 0 Å². The lowest BCUT2D eigenvalue weighted by Crippen LogP contribution is -2.48. The lowest BCUT2D eigenvalue weighted by molar-refractivity contribution is -0.124. The van der Waals surface area contributed by atoms with Crippen LogP contribution in [0.2, 0.25) is 0 Å². The van der Waals surface area contributed by atoms with Crippen LogP contribution in [0.3, 0.4) is 0 Å². The number of aliphatic hydroxyl groups excluding tert-OH is 1. The second kappa shape index (κ2) is 9.54. The second-order valence-electron chi connectivity index (χ2n) is 7.99. The highest BCUT2D eigenvalue weighted by molar-refractivity contribution is 6.00. The van der Waals surface area contributed by atoms with Crippen LogP contribution in [0.5, 0.6) is 0 Å². The molecule has 1 fully saturated rings. The van der Waals surface area contributed by atoms with Crippen LogP contribution < -0.4 is 16.4 Å². The molecule has 3 aromatic rings. The van der Waals surface area contributed by atoms with E-state index in [0.29, 0.717) is 30.5 Å². The van der Waals surface area contributed by atoms with E-state index in [1.54, 1.807) is 37.4 Å². The van der Waals surface area contributed by atoms with Crippen molar-refractivity contribution in [3.05, 3.63) is 77.0 Å². The molecule has 0 unspecified atom stereocenters. The first kappa shape index (κ1) is 23.3. The van der Waals surface area contributed by atoms with E-state index >= 15 is 0 Å². The quantitative estimate of drug-likeness (QED) is 0.441. The van der Waals surface area contributed by atoms with Gasteiger partial charge in [0.15, 0.2) is 6.10 Å². The Morgan fingerprint density at radius 3 is 2.47 bits per heavy atom. The summed E-state index contributed by atoms with van der Waals surface area (Å²) in [6.07, 6.45) is -0.213. The monoisotopic (exact) mass is 468 g/mol. The van der Waals surface area contributed by atoms with Gasteiger partial charge in [-0.05, 0) is 53.9 Å². The number of amides is 2. The number of hydrogen-bond acceptors (Lipinski definition) is 6. The van der Waals surface area contributed by atoms with Crippen molar-refractivity contribution in [2.24, 2.45) is 0 Å². The van der Waals surface area contributed by atoms with Crippen molar-refractivity contribution in [1.82, 2.24) is 10.3 Å². The number of halogens is 2. The summed E-state index contributed by atoms with van der Waals surface area (Å²) in [5, 5.41) is 15.5. The van der Waals surface area contributed by atoms with Crippen molar-refractivity contribution >= 4 is 23.3 Å². The van der Waals surface area contributed by atoms with E-state index in [-0.39, 0.29) is 28.9 Å². The summed E-state index contributed by atoms with van der Waals surface area (Å²) in [5.41, 5.74) is 8.45. The molecule has 10 heteroatoms. The molecule has 1 atom stereocenters. The van der Waals surface area contributed by atoms with E-state index in [4.69, 9.17) is 10.5 Å². The van der Waals surface area contributed by atoms with Crippen LogP contribution in [0.4, 0.5) is 20.3 Å². The average Bonchev–Trinajstić information content (AvgIpc) is 2.75. The number of rotatable bonds is 6. The van der Waals surface area contributed by atoms with Crippen molar-refractivity contribution in [2.45, 2.75) is 19.1 Å². The Hall–Kier alpha value is -3.89. The molecule has 2 aromatic carbocycles. The van der Waals surface area contributed by atoms with E-state index in [0.717, 1.165) is 23.3 Å². The number of aromatic nitrogens is 1. The van der Waals surface area contributed by atoms with Gasteiger partial charge in [0.1, 0.15) is 17.5 Å². The Morgan fingerprint density at radius 2 is 1.85 bits per heavy atom. The molecule has 0 saturated carbocycles. The number of aliphatic hydroxyl groups is 1. The average molecular weight is 468 g/mol. The minimum absolute atomic E-state index is 0.0561. The summed E-state index contributed by atoms with van der Waals surface area (Å²) in [7, 11) is 0. The van der Waals surface area contributed by atoms with Gasteiger partial charge in [-0.3, -0.25) is 9.59 Å². The normalized spacial score (nSPS) is 14.2. The minimum atomic E-state index is -1.76. The zero-order valence-corrected chi connectivity index (χ0v) is 18.1. The highest BCUT2D eigenvalue weighted by atomic mass is 19.1. The van der Waals surface area contributed by atoms with Gasteiger partial charge >= 0.3 is 0 Å². The molecule has 1 aliphatic heterocycles. The fourth-order valence-corrected chi connectivity index (χ4v) is 3.55. The number of nitrogens with two attached hydrogens (primary N) is 1. The summed E-state index contributed by atoms with van der Waals surface area (Å²) in [4.78, 5) is 29.1. The first-order valence-electron chi connectivity index (χ1n) is 10.4. The van der Waals surface area contributed by atoms with Crippen LogP contribution in [0.25, 0.3) is 11.1 Å². The molecule has 0 aliphatic carbocycles. The van der Waals surface area contributed by atoms with Gasteiger partial charge in [0.05, 0.1) is 24.8 Å². The molecule has 4 rings (SSSR count). The Morgan fingerprint density at radius 1 is 1.15 bits per heavy atom. The largest absolute Gasteiger partial charge is 0.383 e. The molecule has 176 valence electrons. The molecule has 1 aliphatic rings. The summed E-state index contributed by atoms with van der Waals surface area (Å²) in [6.45, 7) is 2.70. The fraction of sp³-hybridized carbons (Fsp3) is 0.208. The lowest BCUT2D eigenvalue weighted by Gasteiger charge is -2.27. The Balaban J connectivity index is 1.51. The maximum Gasteiger partial charge on any atom is 0.257 e. The first-order valence-corrected chi connectivity index (χ1v) is 10.4. The second-order valence-corrected chi connectivity index (χ2v) is 7.99. The smallest absolute Gasteiger partial charge is 0.257 e. The number of benzene rings is 2. The SMILES string of the molecule is Cc1cc(NC(=O)[C@H](O)c2cc(F)cc(F)c2)ccc1-c1cnc(N)c(C(=O)NC2COC2)c1. The van der Waals surface area contributed by atoms with Crippen molar-refractivity contribution in [1.29, 1.82) is 0 Å². The lowest BCUT2D eigenvalue weighted by atomic mass is 9.99. The molecular formula is C24H22F2N4O4. The number of carbonyl (C=O) groups excluding carboxylic acids is 2. The highest BCUT2D eigenvalue weighted by Gasteiger charge is 2.23. The van der Waals surface area contributed by atoms with E-state index in [1.807, 2.05) is 0 Å². The Labute approximate surface area is 193 Å². The Bertz CT molecular complexity index is 1240. The summed E-state index contributed by atoms with van der Waals surface area (Å²) < 4.78 is 31.9. The van der Waals surface area contributed by atoms with Crippen LogP contribution in [0, 0.1) is 18.6 Å². The maximum atomic E-state index is 13.4. The van der Waals surface area contributed by atoms with Crippen molar-refractivity contribution in [3.63, 3.8) is 0 Å². The molecular weight excluding hydrogens is 446 g/mol. The predicted octanol–water partition coefficient (Wildman–Crippen LogP) is 2.72. The zero-order chi connectivity index (χ0) is 24.4. The van der Waals surface area contributed by atoms with Crippen LogP contribution >= 0.6 is 0 Å². The van der Waals surface area contributed by atoms with Gasteiger partial charge < -0.3 is 26.2 Å². The maximum absolute atomic E-state index is 13.4. The predicted molar refractivity (Wildman–Crippen MR) is 121 cm³/mol. The van der Waals surface area contributed by atoms with Gasteiger partial charge in [-0.15, -0.1) is 0 Å². The standard InChI is InChI=1S/C24H22F2N4O4/c1-12-4-17(29-24(33)21(31)13-5-15(25)8-16(26)6-13)2-3-19(12)14-7-20(22(27)28-9-14)23(32)30-18-10-34-11-18/h2-9,18,21,31H,10-11H2,1H3,(H2,27,28)(H,29,33)(H,30,32)/t21-/m1/s1. The fourth-order valence-electron chi connectivity index (χ4n) is 3.55. The van der Waals surface area contributed by atoms with E-state index in [2.05, 4.69) is 15.6 Å². The van der Waals surface area contributed by atoms with Crippen molar-refractivity contribution in [2.75, 3.05) is 24.3 Å². The van der Waals surface area contributed by atoms with Gasteiger partial charge in [-0.25, -0.2) is 13.8 Å². The number of hydrogen-bond donors (Lipinski definition) is 4. The minimum Gasteiger partial charge on any atom is -0.383 e.